The van der Waals surface area contributed by atoms with E-state index in [2.05, 4.69) is 68.4 Å². The van der Waals surface area contributed by atoms with Crippen LogP contribution in [0.2, 0.25) is 0 Å². The summed E-state index contributed by atoms with van der Waals surface area (Å²) in [4.78, 5) is 13.2. The van der Waals surface area contributed by atoms with Crippen molar-refractivity contribution in [3.8, 4) is 0 Å². The predicted molar refractivity (Wildman–Crippen MR) is 206 cm³/mol. The van der Waals surface area contributed by atoms with Crippen molar-refractivity contribution < 1.29 is 14.6 Å². The largest absolute Gasteiger partial charge is 0.462 e. The molecule has 4 fully saturated rings. The Hall–Kier alpha value is -0.830. The van der Waals surface area contributed by atoms with Crippen molar-refractivity contribution in [1.82, 2.24) is 0 Å². The Morgan fingerprint density at radius 1 is 0.755 bits per heavy atom. The van der Waals surface area contributed by atoms with E-state index in [1.54, 1.807) is 5.57 Å². The van der Waals surface area contributed by atoms with Gasteiger partial charge in [-0.1, -0.05) is 144 Å². The van der Waals surface area contributed by atoms with Crippen LogP contribution >= 0.6 is 0 Å². The predicted octanol–water partition coefficient (Wildman–Crippen LogP) is 13.0. The van der Waals surface area contributed by atoms with Gasteiger partial charge in [-0.25, -0.2) is 0 Å². The monoisotopic (exact) mass is 681 g/mol. The fourth-order valence-electron chi connectivity index (χ4n) is 14.0. The van der Waals surface area contributed by atoms with E-state index < -0.39 is 0 Å². The summed E-state index contributed by atoms with van der Waals surface area (Å²) in [5, 5.41) is 12.0. The fourth-order valence-corrected chi connectivity index (χ4v) is 14.0. The minimum atomic E-state index is -0.229. The number of carbonyl (C=O) groups excluding carboxylic acids is 1. The standard InChI is InChI=1S/C46H80O3/c1-10-11-12-13-14-15-16-17-18-19-20-21-22-23-40(48)49-39-28-30-43(6)36(42(39,4)5)27-31-45(8)37(43)25-24-35-41-34(3)33(2)26-29-44(41,7)38(47)32-46(35,45)9/h26,34-39,41,47H,10-25,27-32H2,1-9H3. The molecule has 0 heterocycles. The van der Waals surface area contributed by atoms with Crippen LogP contribution in [-0.4, -0.2) is 23.3 Å². The lowest BCUT2D eigenvalue weighted by atomic mass is 9.31. The number of fused-ring (bicyclic) bond motifs is 7. The first-order valence-electron chi connectivity index (χ1n) is 21.7. The first kappa shape index (κ1) is 39.4. The zero-order valence-corrected chi connectivity index (χ0v) is 33.9. The summed E-state index contributed by atoms with van der Waals surface area (Å²) < 4.78 is 6.40. The zero-order valence-electron chi connectivity index (χ0n) is 33.9. The van der Waals surface area contributed by atoms with E-state index in [-0.39, 0.29) is 45.3 Å². The Bertz CT molecular complexity index is 1140. The molecule has 0 bridgehead atoms. The van der Waals surface area contributed by atoms with Gasteiger partial charge in [0.1, 0.15) is 6.10 Å². The average Bonchev–Trinajstić information content (AvgIpc) is 3.04. The molecule has 0 aromatic rings. The van der Waals surface area contributed by atoms with Crippen molar-refractivity contribution in [2.24, 2.45) is 56.7 Å². The first-order chi connectivity index (χ1) is 23.2. The quantitative estimate of drug-likeness (QED) is 0.106. The van der Waals surface area contributed by atoms with Crippen LogP contribution in [0.5, 0.6) is 0 Å². The average molecular weight is 681 g/mol. The molecule has 11 atom stereocenters. The third-order valence-electron chi connectivity index (χ3n) is 17.3. The van der Waals surface area contributed by atoms with E-state index in [1.165, 1.54) is 103 Å². The van der Waals surface area contributed by atoms with Gasteiger partial charge >= 0.3 is 5.97 Å². The van der Waals surface area contributed by atoms with Gasteiger partial charge < -0.3 is 9.84 Å². The molecule has 0 aliphatic heterocycles. The third kappa shape index (κ3) is 7.26. The van der Waals surface area contributed by atoms with Gasteiger partial charge in [-0.15, -0.1) is 0 Å². The molecule has 0 aromatic heterocycles. The lowest BCUT2D eigenvalue weighted by Crippen LogP contribution is -2.69. The van der Waals surface area contributed by atoms with Gasteiger partial charge in [0.2, 0.25) is 0 Å². The number of ether oxygens (including phenoxy) is 1. The van der Waals surface area contributed by atoms with Crippen LogP contribution in [0.25, 0.3) is 0 Å². The number of rotatable bonds is 15. The smallest absolute Gasteiger partial charge is 0.306 e. The summed E-state index contributed by atoms with van der Waals surface area (Å²) in [6.45, 7) is 22.3. The highest BCUT2D eigenvalue weighted by Crippen LogP contribution is 2.76. The minimum absolute atomic E-state index is 0.00425. The number of esters is 1. The summed E-state index contributed by atoms with van der Waals surface area (Å²) in [6, 6.07) is 0. The summed E-state index contributed by atoms with van der Waals surface area (Å²) in [5.41, 5.74) is 2.17. The van der Waals surface area contributed by atoms with Crippen molar-refractivity contribution in [2.75, 3.05) is 0 Å². The van der Waals surface area contributed by atoms with Crippen LogP contribution < -0.4 is 0 Å². The fraction of sp³-hybridized carbons (Fsp3) is 0.935. The van der Waals surface area contributed by atoms with Crippen molar-refractivity contribution in [3.05, 3.63) is 11.6 Å². The molecule has 3 nitrogen and oxygen atoms in total. The van der Waals surface area contributed by atoms with Gasteiger partial charge in [0.05, 0.1) is 6.10 Å². The van der Waals surface area contributed by atoms with Gasteiger partial charge in [-0.2, -0.15) is 0 Å². The van der Waals surface area contributed by atoms with Gasteiger partial charge in [0.25, 0.3) is 0 Å². The highest BCUT2D eigenvalue weighted by molar-refractivity contribution is 5.69. The lowest BCUT2D eigenvalue weighted by Gasteiger charge is -2.74. The molecule has 11 unspecified atom stereocenters. The van der Waals surface area contributed by atoms with Crippen molar-refractivity contribution in [2.45, 2.75) is 216 Å². The van der Waals surface area contributed by atoms with Gasteiger partial charge in [-0.05, 0) is 111 Å². The molecule has 1 N–H and O–H groups in total. The van der Waals surface area contributed by atoms with Crippen LogP contribution in [0, 0.1) is 56.7 Å². The maximum Gasteiger partial charge on any atom is 0.306 e. The summed E-state index contributed by atoms with van der Waals surface area (Å²) in [5.74, 6) is 3.07. The molecule has 4 saturated carbocycles. The second kappa shape index (κ2) is 15.6. The second-order valence-corrected chi connectivity index (χ2v) is 20.2. The zero-order chi connectivity index (χ0) is 35.7. The molecule has 0 amide bonds. The van der Waals surface area contributed by atoms with Gasteiger partial charge in [0.15, 0.2) is 0 Å². The van der Waals surface area contributed by atoms with Crippen LogP contribution in [0.4, 0.5) is 0 Å². The van der Waals surface area contributed by atoms with Crippen LogP contribution in [0.15, 0.2) is 11.6 Å². The number of hydrogen-bond acceptors (Lipinski definition) is 3. The molecule has 5 aliphatic carbocycles. The Morgan fingerprint density at radius 3 is 1.96 bits per heavy atom. The Labute approximate surface area is 304 Å². The normalized spacial score (nSPS) is 42.7. The number of allylic oxidation sites excluding steroid dienone is 2. The molecule has 5 rings (SSSR count). The SMILES string of the molecule is CCCCCCCCCCCCCCCC(=O)OC1CCC2(C)C(CCC3(C)C2CCC2C4C(C)C(C)=CCC4(C)C(O)CC23C)C1(C)C. The van der Waals surface area contributed by atoms with E-state index >= 15 is 0 Å². The first-order valence-corrected chi connectivity index (χ1v) is 21.7. The second-order valence-electron chi connectivity index (χ2n) is 20.2. The third-order valence-corrected chi connectivity index (χ3v) is 17.3. The topological polar surface area (TPSA) is 46.5 Å². The number of aliphatic hydroxyl groups excluding tert-OH is 1. The van der Waals surface area contributed by atoms with Gasteiger partial charge in [0, 0.05) is 17.3 Å². The number of unbranched alkanes of at least 4 members (excludes halogenated alkanes) is 12. The van der Waals surface area contributed by atoms with Crippen LogP contribution in [-0.2, 0) is 9.53 Å². The van der Waals surface area contributed by atoms with E-state index in [0.717, 1.165) is 32.1 Å². The molecule has 0 radical (unpaired) electrons. The Balaban J connectivity index is 1.13. The number of aliphatic hydroxyl groups is 1. The maximum atomic E-state index is 13.2. The summed E-state index contributed by atoms with van der Waals surface area (Å²) in [6.07, 6.45) is 29.3. The highest BCUT2D eigenvalue weighted by atomic mass is 16.5. The van der Waals surface area contributed by atoms with Crippen molar-refractivity contribution in [1.29, 1.82) is 0 Å². The molecule has 0 saturated heterocycles. The highest BCUT2D eigenvalue weighted by Gasteiger charge is 2.71. The van der Waals surface area contributed by atoms with Crippen LogP contribution in [0.1, 0.15) is 204 Å². The van der Waals surface area contributed by atoms with E-state index in [4.69, 9.17) is 4.74 Å². The minimum Gasteiger partial charge on any atom is -0.462 e. The molecule has 3 heteroatoms. The summed E-state index contributed by atoms with van der Waals surface area (Å²) in [7, 11) is 0. The molecular formula is C46H80O3. The number of carbonyl (C=O) groups is 1. The molecular weight excluding hydrogens is 601 g/mol. The summed E-state index contributed by atoms with van der Waals surface area (Å²) >= 11 is 0. The van der Waals surface area contributed by atoms with E-state index in [1.807, 2.05) is 0 Å². The molecule has 0 spiro atoms. The Morgan fingerprint density at radius 2 is 1.35 bits per heavy atom. The van der Waals surface area contributed by atoms with Gasteiger partial charge in [-0.3, -0.25) is 4.79 Å². The van der Waals surface area contributed by atoms with Crippen molar-refractivity contribution in [3.63, 3.8) is 0 Å². The van der Waals surface area contributed by atoms with E-state index in [0.29, 0.717) is 36.0 Å². The van der Waals surface area contributed by atoms with Crippen molar-refractivity contribution >= 4 is 5.97 Å². The van der Waals surface area contributed by atoms with E-state index in [9.17, 15) is 9.90 Å². The number of hydrogen-bond donors (Lipinski definition) is 1. The lowest BCUT2D eigenvalue weighted by molar-refractivity contribution is -0.268. The molecule has 5 aliphatic rings. The molecule has 282 valence electrons. The van der Waals surface area contributed by atoms with Crippen LogP contribution in [0.3, 0.4) is 0 Å². The maximum absolute atomic E-state index is 13.2. The Kier molecular flexibility index (Phi) is 12.6. The molecule has 49 heavy (non-hydrogen) atoms. The molecule has 0 aromatic carbocycles.